The normalized spacial score (nSPS) is 10.5. The van der Waals surface area contributed by atoms with Crippen LogP contribution in [0.5, 0.6) is 0 Å². The minimum atomic E-state index is 0.789. The predicted molar refractivity (Wildman–Crippen MR) is 55.2 cm³/mol. The topological polar surface area (TPSA) is 34.1 Å². The van der Waals surface area contributed by atoms with E-state index in [0.29, 0.717) is 0 Å². The van der Waals surface area contributed by atoms with E-state index in [1.165, 1.54) is 5.01 Å². The molecule has 0 bridgehead atoms. The lowest BCUT2D eigenvalue weighted by atomic mass is 10.3. The second kappa shape index (κ2) is 7.00. The van der Waals surface area contributed by atoms with E-state index in [1.54, 1.807) is 18.4 Å². The van der Waals surface area contributed by atoms with Crippen LogP contribution >= 0.6 is 11.3 Å². The van der Waals surface area contributed by atoms with Crippen molar-refractivity contribution in [3.63, 3.8) is 0 Å². The van der Waals surface area contributed by atoms with Crippen LogP contribution in [0.15, 0.2) is 11.6 Å². The number of aryl methyl sites for hydroxylation is 1. The molecule has 1 heterocycles. The van der Waals surface area contributed by atoms with Gasteiger partial charge >= 0.3 is 0 Å². The Kier molecular flexibility index (Phi) is 5.73. The standard InChI is InChI=1S/C9H16N2OS/c1-12-7-5-10-4-2-3-9-11-6-8-13-9/h6,8,10H,2-5,7H2,1H3. The number of aromatic nitrogens is 1. The highest BCUT2D eigenvalue weighted by Crippen LogP contribution is 2.05. The van der Waals surface area contributed by atoms with Gasteiger partial charge in [0.15, 0.2) is 0 Å². The molecule has 0 spiro atoms. The van der Waals surface area contributed by atoms with Crippen LogP contribution in [0, 0.1) is 0 Å². The van der Waals surface area contributed by atoms with Gasteiger partial charge in [0.1, 0.15) is 0 Å². The fourth-order valence-corrected chi connectivity index (χ4v) is 1.70. The maximum absolute atomic E-state index is 4.92. The molecule has 0 radical (unpaired) electrons. The third-order valence-corrected chi connectivity index (χ3v) is 2.55. The summed E-state index contributed by atoms with van der Waals surface area (Å²) in [5.41, 5.74) is 0. The predicted octanol–water partition coefficient (Wildman–Crippen LogP) is 1.31. The summed E-state index contributed by atoms with van der Waals surface area (Å²) in [6.07, 6.45) is 4.09. The molecule has 0 amide bonds. The molecule has 4 heteroatoms. The summed E-state index contributed by atoms with van der Waals surface area (Å²) in [5, 5.41) is 6.55. The van der Waals surface area contributed by atoms with Crippen molar-refractivity contribution >= 4 is 11.3 Å². The fraction of sp³-hybridized carbons (Fsp3) is 0.667. The summed E-state index contributed by atoms with van der Waals surface area (Å²) in [7, 11) is 1.72. The van der Waals surface area contributed by atoms with Crippen molar-refractivity contribution in [3.05, 3.63) is 16.6 Å². The van der Waals surface area contributed by atoms with Crippen LogP contribution in [0.25, 0.3) is 0 Å². The number of hydrogen-bond donors (Lipinski definition) is 1. The van der Waals surface area contributed by atoms with Crippen molar-refractivity contribution in [2.45, 2.75) is 12.8 Å². The van der Waals surface area contributed by atoms with Gasteiger partial charge in [0.25, 0.3) is 0 Å². The molecular formula is C9H16N2OS. The molecule has 0 aromatic carbocycles. The molecule has 3 nitrogen and oxygen atoms in total. The minimum Gasteiger partial charge on any atom is -0.383 e. The quantitative estimate of drug-likeness (QED) is 0.674. The van der Waals surface area contributed by atoms with Crippen molar-refractivity contribution in [1.29, 1.82) is 0 Å². The molecule has 0 aliphatic rings. The van der Waals surface area contributed by atoms with Gasteiger partial charge in [-0.05, 0) is 13.0 Å². The third-order valence-electron chi connectivity index (χ3n) is 1.71. The number of methoxy groups -OCH3 is 1. The summed E-state index contributed by atoms with van der Waals surface area (Å²) in [5.74, 6) is 0. The molecular weight excluding hydrogens is 184 g/mol. The first kappa shape index (κ1) is 10.6. The SMILES string of the molecule is COCCNCCCc1nccs1. The average Bonchev–Trinajstić information content (AvgIpc) is 2.63. The van der Waals surface area contributed by atoms with Gasteiger partial charge in [0.05, 0.1) is 11.6 Å². The highest BCUT2D eigenvalue weighted by molar-refractivity contribution is 7.09. The van der Waals surface area contributed by atoms with Crippen LogP contribution in [-0.4, -0.2) is 31.8 Å². The van der Waals surface area contributed by atoms with Crippen LogP contribution in [0.1, 0.15) is 11.4 Å². The first-order valence-electron chi connectivity index (χ1n) is 4.51. The minimum absolute atomic E-state index is 0.789. The monoisotopic (exact) mass is 200 g/mol. The maximum atomic E-state index is 4.92. The molecule has 1 aromatic rings. The van der Waals surface area contributed by atoms with E-state index in [1.807, 2.05) is 11.6 Å². The number of hydrogen-bond acceptors (Lipinski definition) is 4. The largest absolute Gasteiger partial charge is 0.383 e. The zero-order valence-corrected chi connectivity index (χ0v) is 8.77. The van der Waals surface area contributed by atoms with E-state index in [-0.39, 0.29) is 0 Å². The van der Waals surface area contributed by atoms with E-state index < -0.39 is 0 Å². The lowest BCUT2D eigenvalue weighted by molar-refractivity contribution is 0.199. The van der Waals surface area contributed by atoms with Crippen LogP contribution in [0.4, 0.5) is 0 Å². The van der Waals surface area contributed by atoms with Gasteiger partial charge in [-0.3, -0.25) is 0 Å². The van der Waals surface area contributed by atoms with Crippen molar-refractivity contribution in [2.24, 2.45) is 0 Å². The molecule has 13 heavy (non-hydrogen) atoms. The maximum Gasteiger partial charge on any atom is 0.0925 e. The van der Waals surface area contributed by atoms with E-state index in [0.717, 1.165) is 32.5 Å². The van der Waals surface area contributed by atoms with Gasteiger partial charge in [-0.1, -0.05) is 0 Å². The highest BCUT2D eigenvalue weighted by atomic mass is 32.1. The molecule has 0 aliphatic heterocycles. The van der Waals surface area contributed by atoms with Crippen molar-refractivity contribution in [3.8, 4) is 0 Å². The Balaban J connectivity index is 1.90. The lowest BCUT2D eigenvalue weighted by Gasteiger charge is -2.01. The summed E-state index contributed by atoms with van der Waals surface area (Å²) in [4.78, 5) is 4.22. The Bertz CT molecular complexity index is 201. The van der Waals surface area contributed by atoms with Gasteiger partial charge in [-0.15, -0.1) is 11.3 Å². The summed E-state index contributed by atoms with van der Waals surface area (Å²) >= 11 is 1.73. The number of ether oxygens (including phenoxy) is 1. The summed E-state index contributed by atoms with van der Waals surface area (Å²) in [6, 6.07) is 0. The molecule has 0 saturated heterocycles. The Morgan fingerprint density at radius 1 is 1.54 bits per heavy atom. The van der Waals surface area contributed by atoms with E-state index in [9.17, 15) is 0 Å². The number of rotatable bonds is 7. The van der Waals surface area contributed by atoms with Gasteiger partial charge in [-0.2, -0.15) is 0 Å². The van der Waals surface area contributed by atoms with Crippen molar-refractivity contribution in [2.75, 3.05) is 26.8 Å². The number of nitrogens with one attached hydrogen (secondary N) is 1. The zero-order valence-electron chi connectivity index (χ0n) is 7.95. The molecule has 74 valence electrons. The third kappa shape index (κ3) is 4.98. The van der Waals surface area contributed by atoms with E-state index in [2.05, 4.69) is 10.3 Å². The molecule has 1 rings (SSSR count). The van der Waals surface area contributed by atoms with Gasteiger partial charge in [0, 0.05) is 31.7 Å². The Morgan fingerprint density at radius 3 is 3.15 bits per heavy atom. The lowest BCUT2D eigenvalue weighted by Crippen LogP contribution is -2.20. The van der Waals surface area contributed by atoms with Crippen LogP contribution in [-0.2, 0) is 11.2 Å². The van der Waals surface area contributed by atoms with E-state index in [4.69, 9.17) is 4.74 Å². The molecule has 0 atom stereocenters. The van der Waals surface area contributed by atoms with Crippen LogP contribution in [0.3, 0.4) is 0 Å². The molecule has 0 aliphatic carbocycles. The molecule has 1 aromatic heterocycles. The first-order chi connectivity index (χ1) is 6.43. The molecule has 0 saturated carbocycles. The van der Waals surface area contributed by atoms with E-state index >= 15 is 0 Å². The van der Waals surface area contributed by atoms with Gasteiger partial charge in [-0.25, -0.2) is 4.98 Å². The fourth-order valence-electron chi connectivity index (χ4n) is 1.04. The number of thiazole rings is 1. The molecule has 1 N–H and O–H groups in total. The number of nitrogens with zero attached hydrogens (tertiary/aromatic N) is 1. The Hall–Kier alpha value is -0.450. The molecule has 0 unspecified atom stereocenters. The highest BCUT2D eigenvalue weighted by Gasteiger charge is 1.94. The van der Waals surface area contributed by atoms with Crippen LogP contribution in [0.2, 0.25) is 0 Å². The van der Waals surface area contributed by atoms with Gasteiger partial charge < -0.3 is 10.1 Å². The first-order valence-corrected chi connectivity index (χ1v) is 5.39. The van der Waals surface area contributed by atoms with Crippen molar-refractivity contribution < 1.29 is 4.74 Å². The summed E-state index contributed by atoms with van der Waals surface area (Å²) in [6.45, 7) is 2.77. The zero-order chi connectivity index (χ0) is 9.36. The Labute approximate surface area is 83.1 Å². The second-order valence-electron chi connectivity index (χ2n) is 2.77. The smallest absolute Gasteiger partial charge is 0.0925 e. The van der Waals surface area contributed by atoms with Gasteiger partial charge in [0.2, 0.25) is 0 Å². The second-order valence-corrected chi connectivity index (χ2v) is 3.75. The van der Waals surface area contributed by atoms with Crippen LogP contribution < -0.4 is 5.32 Å². The Morgan fingerprint density at radius 2 is 2.46 bits per heavy atom. The average molecular weight is 200 g/mol. The summed E-state index contributed by atoms with van der Waals surface area (Å²) < 4.78 is 4.92. The van der Waals surface area contributed by atoms with Crippen molar-refractivity contribution in [1.82, 2.24) is 10.3 Å². The molecule has 0 fully saturated rings.